The first-order valence-electron chi connectivity index (χ1n) is 10.8. The minimum Gasteiger partial charge on any atom is -0.290 e. The summed E-state index contributed by atoms with van der Waals surface area (Å²) in [4.78, 5) is 26.0. The van der Waals surface area contributed by atoms with Crippen molar-refractivity contribution in [2.75, 3.05) is 0 Å². The molecule has 2 atom stereocenters. The topological polar surface area (TPSA) is 34.1 Å². The molecule has 0 amide bonds. The van der Waals surface area contributed by atoms with Gasteiger partial charge in [-0.1, -0.05) is 77.9 Å². The molecular weight excluding hydrogens is 368 g/mol. The molecule has 0 spiro atoms. The van der Waals surface area contributed by atoms with Gasteiger partial charge >= 0.3 is 0 Å². The van der Waals surface area contributed by atoms with E-state index in [4.69, 9.17) is 0 Å². The fourth-order valence-electron chi connectivity index (χ4n) is 5.26. The minimum absolute atomic E-state index is 0.0167. The summed E-state index contributed by atoms with van der Waals surface area (Å²) in [5, 5.41) is 0. The summed E-state index contributed by atoms with van der Waals surface area (Å²) < 4.78 is 0. The van der Waals surface area contributed by atoms with E-state index in [-0.39, 0.29) is 34.2 Å². The Labute approximate surface area is 178 Å². The van der Waals surface area contributed by atoms with E-state index in [1.165, 1.54) is 45.5 Å². The Bertz CT molecular complexity index is 1100. The van der Waals surface area contributed by atoms with Gasteiger partial charge in [0, 0.05) is 23.0 Å². The second kappa shape index (κ2) is 5.91. The molecule has 2 nitrogen and oxygen atoms in total. The van der Waals surface area contributed by atoms with Gasteiger partial charge in [-0.15, -0.1) is 0 Å². The normalized spacial score (nSPS) is 22.2. The highest BCUT2D eigenvalue weighted by molar-refractivity contribution is 6.23. The van der Waals surface area contributed by atoms with Crippen molar-refractivity contribution < 1.29 is 9.59 Å². The Kier molecular flexibility index (Phi) is 3.79. The lowest BCUT2D eigenvalue weighted by molar-refractivity contribution is -0.115. The third-order valence-electron chi connectivity index (χ3n) is 6.93. The number of hydrogen-bond acceptors (Lipinski definition) is 2. The number of carbonyl (C=O) groups is 2. The predicted molar refractivity (Wildman–Crippen MR) is 120 cm³/mol. The van der Waals surface area contributed by atoms with Crippen molar-refractivity contribution in [3.8, 4) is 0 Å². The molecule has 152 valence electrons. The van der Waals surface area contributed by atoms with Gasteiger partial charge in [0.05, 0.1) is 0 Å². The number of rotatable bonds is 0. The van der Waals surface area contributed by atoms with E-state index >= 15 is 0 Å². The molecule has 2 aromatic carbocycles. The van der Waals surface area contributed by atoms with Crippen LogP contribution in [0.3, 0.4) is 0 Å². The number of hydrogen-bond donors (Lipinski definition) is 0. The average molecular weight is 397 g/mol. The first-order valence-corrected chi connectivity index (χ1v) is 10.8. The lowest BCUT2D eigenvalue weighted by Gasteiger charge is -2.44. The van der Waals surface area contributed by atoms with Gasteiger partial charge in [0.15, 0.2) is 11.6 Å². The predicted octanol–water partition coefficient (Wildman–Crippen LogP) is 5.88. The maximum atomic E-state index is 13.0. The highest BCUT2D eigenvalue weighted by atomic mass is 16.1. The summed E-state index contributed by atoms with van der Waals surface area (Å²) in [6, 6.07) is 13.3. The largest absolute Gasteiger partial charge is 0.290 e. The van der Waals surface area contributed by atoms with Gasteiger partial charge in [-0.05, 0) is 56.4 Å². The Hall–Kier alpha value is -2.74. The van der Waals surface area contributed by atoms with E-state index in [0.29, 0.717) is 11.1 Å². The third kappa shape index (κ3) is 2.56. The number of carbonyl (C=O) groups excluding carboxylic acids is 2. The second-order valence-electron chi connectivity index (χ2n) is 10.9. The average Bonchev–Trinajstić information content (AvgIpc) is 2.68. The van der Waals surface area contributed by atoms with Crippen molar-refractivity contribution in [1.29, 1.82) is 0 Å². The van der Waals surface area contributed by atoms with Gasteiger partial charge < -0.3 is 0 Å². The fourth-order valence-corrected chi connectivity index (χ4v) is 5.26. The van der Waals surface area contributed by atoms with Gasteiger partial charge in [-0.2, -0.15) is 0 Å². The van der Waals surface area contributed by atoms with Gasteiger partial charge in [0.25, 0.3) is 0 Å². The summed E-state index contributed by atoms with van der Waals surface area (Å²) >= 11 is 0. The van der Waals surface area contributed by atoms with Crippen LogP contribution in [0.2, 0.25) is 0 Å². The quantitative estimate of drug-likeness (QED) is 0.521. The van der Waals surface area contributed by atoms with Crippen molar-refractivity contribution in [1.82, 2.24) is 0 Å². The van der Waals surface area contributed by atoms with Crippen molar-refractivity contribution >= 4 is 11.6 Å². The van der Waals surface area contributed by atoms with Crippen LogP contribution in [-0.2, 0) is 20.4 Å². The van der Waals surface area contributed by atoms with Crippen LogP contribution in [0.4, 0.5) is 0 Å². The zero-order valence-corrected chi connectivity index (χ0v) is 18.6. The molecule has 0 N–H and O–H groups in total. The standard InChI is InChI=1S/C28H28O2/c1-27(2,3)15-7-9-17-19(13-15)23-18-10-8-16(28(4,5)6)14-20(18)24(17)26-22(30)12-11-21(29)25(23)26/h7-14,23-24H,1-6H3. The lowest BCUT2D eigenvalue weighted by atomic mass is 9.57. The fraction of sp³-hybridized carbons (Fsp3) is 0.357. The van der Waals surface area contributed by atoms with Crippen molar-refractivity contribution in [3.63, 3.8) is 0 Å². The van der Waals surface area contributed by atoms with E-state index in [0.717, 1.165) is 0 Å². The second-order valence-corrected chi connectivity index (χ2v) is 10.9. The molecule has 0 aliphatic heterocycles. The van der Waals surface area contributed by atoms with E-state index in [2.05, 4.69) is 77.9 Å². The summed E-state index contributed by atoms with van der Waals surface area (Å²) in [6.07, 6.45) is 2.91. The van der Waals surface area contributed by atoms with Gasteiger partial charge in [0.2, 0.25) is 0 Å². The molecule has 0 radical (unpaired) electrons. The molecule has 0 saturated heterocycles. The maximum Gasteiger partial charge on any atom is 0.183 e. The van der Waals surface area contributed by atoms with Gasteiger partial charge in [-0.3, -0.25) is 9.59 Å². The molecule has 30 heavy (non-hydrogen) atoms. The first kappa shape index (κ1) is 19.2. The van der Waals surface area contributed by atoms with E-state index < -0.39 is 0 Å². The highest BCUT2D eigenvalue weighted by Crippen LogP contribution is 2.57. The molecule has 2 bridgehead atoms. The zero-order chi connectivity index (χ0) is 21.6. The Morgan fingerprint density at radius 1 is 0.567 bits per heavy atom. The summed E-state index contributed by atoms with van der Waals surface area (Å²) in [6.45, 7) is 13.3. The number of allylic oxidation sites excluding steroid dienone is 4. The molecule has 0 aromatic heterocycles. The van der Waals surface area contributed by atoms with Crippen molar-refractivity contribution in [3.05, 3.63) is 93.1 Å². The van der Waals surface area contributed by atoms with Crippen LogP contribution in [-0.4, -0.2) is 11.6 Å². The van der Waals surface area contributed by atoms with E-state index in [1.807, 2.05) is 0 Å². The monoisotopic (exact) mass is 396 g/mol. The number of ketones is 2. The molecule has 0 heterocycles. The molecule has 2 unspecified atom stereocenters. The summed E-state index contributed by atoms with van der Waals surface area (Å²) in [5.41, 5.74) is 8.70. The van der Waals surface area contributed by atoms with Crippen LogP contribution in [0.5, 0.6) is 0 Å². The van der Waals surface area contributed by atoms with E-state index in [1.54, 1.807) is 0 Å². The maximum absolute atomic E-state index is 13.0. The van der Waals surface area contributed by atoms with Crippen LogP contribution in [0.25, 0.3) is 0 Å². The van der Waals surface area contributed by atoms with Gasteiger partial charge in [-0.25, -0.2) is 0 Å². The Balaban J connectivity index is 1.82. The van der Waals surface area contributed by atoms with Crippen LogP contribution in [0, 0.1) is 0 Å². The molecule has 4 aliphatic rings. The van der Waals surface area contributed by atoms with E-state index in [9.17, 15) is 9.59 Å². The SMILES string of the molecule is CC(C)(C)c1ccc2c(c1)C1C3=C(C(=O)C=CC3=O)C2c2cc(C(C)(C)C)ccc21. The zero-order valence-electron chi connectivity index (χ0n) is 18.6. The Morgan fingerprint density at radius 2 is 0.933 bits per heavy atom. The molecule has 2 aromatic rings. The minimum atomic E-state index is -0.160. The van der Waals surface area contributed by atoms with Crippen LogP contribution in [0.15, 0.2) is 59.7 Å². The van der Waals surface area contributed by atoms with Gasteiger partial charge in [0.1, 0.15) is 0 Å². The Morgan fingerprint density at radius 3 is 1.27 bits per heavy atom. The molecule has 2 heteroatoms. The molecule has 4 aliphatic carbocycles. The smallest absolute Gasteiger partial charge is 0.183 e. The highest BCUT2D eigenvalue weighted by Gasteiger charge is 2.48. The van der Waals surface area contributed by atoms with Crippen LogP contribution < -0.4 is 0 Å². The third-order valence-corrected chi connectivity index (χ3v) is 6.93. The molecule has 0 saturated carbocycles. The molecular formula is C28H28O2. The molecule has 6 rings (SSSR count). The van der Waals surface area contributed by atoms with Crippen LogP contribution in [0.1, 0.15) is 86.8 Å². The van der Waals surface area contributed by atoms with Crippen molar-refractivity contribution in [2.45, 2.75) is 64.2 Å². The molecule has 0 fully saturated rings. The lowest BCUT2D eigenvalue weighted by Crippen LogP contribution is -2.35. The summed E-state index contributed by atoms with van der Waals surface area (Å²) in [7, 11) is 0. The first-order chi connectivity index (χ1) is 14.0. The van der Waals surface area contributed by atoms with Crippen molar-refractivity contribution in [2.24, 2.45) is 0 Å². The number of benzene rings is 2. The summed E-state index contributed by atoms with van der Waals surface area (Å²) in [5.74, 6) is -0.352. The van der Waals surface area contributed by atoms with Crippen LogP contribution >= 0.6 is 0 Å².